The van der Waals surface area contributed by atoms with E-state index >= 15 is 0 Å². The SMILES string of the molecule is CC[C@H](C)Nc1ccc(Oc2ncc(Cn3nccn3)cc2C(F)(F)F)cc1C(=O)O. The van der Waals surface area contributed by atoms with Gasteiger partial charge in [-0.15, -0.1) is 0 Å². The fraction of sp³-hybridized carbons (Fsp3) is 0.300. The van der Waals surface area contributed by atoms with Crippen molar-refractivity contribution in [1.82, 2.24) is 20.0 Å². The van der Waals surface area contributed by atoms with E-state index in [-0.39, 0.29) is 29.5 Å². The Labute approximate surface area is 175 Å². The number of ether oxygens (including phenoxy) is 1. The highest BCUT2D eigenvalue weighted by molar-refractivity contribution is 5.94. The number of pyridine rings is 1. The molecule has 0 unspecified atom stereocenters. The molecule has 0 fully saturated rings. The molecular formula is C20H20F3N5O3. The fourth-order valence-corrected chi connectivity index (χ4v) is 2.72. The van der Waals surface area contributed by atoms with Crippen molar-refractivity contribution in [2.45, 2.75) is 39.0 Å². The van der Waals surface area contributed by atoms with Gasteiger partial charge in [0.15, 0.2) is 0 Å². The van der Waals surface area contributed by atoms with E-state index in [0.29, 0.717) is 5.69 Å². The van der Waals surface area contributed by atoms with Crippen LogP contribution in [0.15, 0.2) is 42.9 Å². The van der Waals surface area contributed by atoms with E-state index in [1.165, 1.54) is 35.5 Å². The second-order valence-corrected chi connectivity index (χ2v) is 6.82. The number of hydrogen-bond donors (Lipinski definition) is 2. The van der Waals surface area contributed by atoms with Gasteiger partial charge in [-0.25, -0.2) is 9.78 Å². The standard InChI is InChI=1S/C20H20F3N5O3/c1-3-12(2)27-17-5-4-14(9-15(17)19(29)30)31-18-16(20(21,22)23)8-13(10-24-18)11-28-25-6-7-26-28/h4-10,12,27H,3,11H2,1-2H3,(H,29,30)/t12-/m0/s1. The van der Waals surface area contributed by atoms with Gasteiger partial charge in [0.05, 0.1) is 24.5 Å². The lowest BCUT2D eigenvalue weighted by molar-refractivity contribution is -0.138. The second kappa shape index (κ2) is 9.02. The Balaban J connectivity index is 1.92. The minimum absolute atomic E-state index is 0.00248. The summed E-state index contributed by atoms with van der Waals surface area (Å²) in [5.41, 5.74) is -0.626. The van der Waals surface area contributed by atoms with Gasteiger partial charge in [-0.3, -0.25) is 0 Å². The third-order valence-corrected chi connectivity index (χ3v) is 4.45. The van der Waals surface area contributed by atoms with Gasteiger partial charge in [0.1, 0.15) is 11.3 Å². The molecule has 0 saturated heterocycles. The Morgan fingerprint density at radius 2 is 1.97 bits per heavy atom. The maximum absolute atomic E-state index is 13.6. The van der Waals surface area contributed by atoms with Gasteiger partial charge < -0.3 is 15.2 Å². The molecule has 0 bridgehead atoms. The third kappa shape index (κ3) is 5.50. The molecule has 31 heavy (non-hydrogen) atoms. The second-order valence-electron chi connectivity index (χ2n) is 6.82. The average Bonchev–Trinajstić information content (AvgIpc) is 3.22. The molecule has 2 N–H and O–H groups in total. The molecule has 3 rings (SSSR count). The highest BCUT2D eigenvalue weighted by atomic mass is 19.4. The lowest BCUT2D eigenvalue weighted by atomic mass is 10.1. The monoisotopic (exact) mass is 435 g/mol. The Morgan fingerprint density at radius 3 is 2.58 bits per heavy atom. The first kappa shape index (κ1) is 22.1. The van der Waals surface area contributed by atoms with E-state index in [0.717, 1.165) is 18.6 Å². The lowest BCUT2D eigenvalue weighted by Gasteiger charge is -2.17. The highest BCUT2D eigenvalue weighted by Crippen LogP contribution is 2.38. The van der Waals surface area contributed by atoms with E-state index < -0.39 is 23.6 Å². The van der Waals surface area contributed by atoms with Crippen molar-refractivity contribution in [2.75, 3.05) is 5.32 Å². The smallest absolute Gasteiger partial charge is 0.421 e. The summed E-state index contributed by atoms with van der Waals surface area (Å²) < 4.78 is 46.1. The van der Waals surface area contributed by atoms with Gasteiger partial charge in [0.25, 0.3) is 0 Å². The van der Waals surface area contributed by atoms with E-state index in [9.17, 15) is 23.1 Å². The maximum atomic E-state index is 13.6. The van der Waals surface area contributed by atoms with Gasteiger partial charge in [-0.1, -0.05) is 6.92 Å². The van der Waals surface area contributed by atoms with Crippen LogP contribution < -0.4 is 10.1 Å². The maximum Gasteiger partial charge on any atom is 0.421 e. The summed E-state index contributed by atoms with van der Waals surface area (Å²) in [7, 11) is 0. The number of aromatic carboxylic acids is 1. The number of alkyl halides is 3. The number of carboxylic acids is 1. The van der Waals surface area contributed by atoms with Crippen LogP contribution >= 0.6 is 0 Å². The van der Waals surface area contributed by atoms with Gasteiger partial charge >= 0.3 is 12.1 Å². The molecule has 0 aliphatic heterocycles. The van der Waals surface area contributed by atoms with Crippen molar-refractivity contribution in [3.8, 4) is 11.6 Å². The predicted molar refractivity (Wildman–Crippen MR) is 105 cm³/mol. The van der Waals surface area contributed by atoms with Gasteiger partial charge in [0.2, 0.25) is 5.88 Å². The summed E-state index contributed by atoms with van der Waals surface area (Å²) in [6, 6.07) is 4.93. The first-order valence-corrected chi connectivity index (χ1v) is 9.39. The number of hydrogen-bond acceptors (Lipinski definition) is 6. The van der Waals surface area contributed by atoms with Gasteiger partial charge in [-0.2, -0.15) is 28.2 Å². The number of aromatic nitrogens is 4. The largest absolute Gasteiger partial charge is 0.478 e. The fourth-order valence-electron chi connectivity index (χ4n) is 2.72. The molecule has 2 aromatic heterocycles. The molecule has 2 heterocycles. The molecule has 8 nitrogen and oxygen atoms in total. The summed E-state index contributed by atoms with van der Waals surface area (Å²) in [6.07, 6.45) is 0.0792. The number of carboxylic acid groups (broad SMARTS) is 1. The predicted octanol–water partition coefficient (Wildman–Crippen LogP) is 4.44. The number of nitrogens with one attached hydrogen (secondary N) is 1. The molecule has 11 heteroatoms. The molecular weight excluding hydrogens is 415 g/mol. The summed E-state index contributed by atoms with van der Waals surface area (Å²) in [4.78, 5) is 16.6. The first-order chi connectivity index (χ1) is 14.7. The Hall–Kier alpha value is -3.63. The quantitative estimate of drug-likeness (QED) is 0.539. The third-order valence-electron chi connectivity index (χ3n) is 4.45. The average molecular weight is 435 g/mol. The number of carbonyl (C=O) groups is 1. The Morgan fingerprint density at radius 1 is 1.26 bits per heavy atom. The zero-order valence-electron chi connectivity index (χ0n) is 16.7. The molecule has 0 aliphatic rings. The van der Waals surface area contributed by atoms with Crippen molar-refractivity contribution in [3.63, 3.8) is 0 Å². The van der Waals surface area contributed by atoms with Crippen molar-refractivity contribution >= 4 is 11.7 Å². The van der Waals surface area contributed by atoms with E-state index in [4.69, 9.17) is 4.74 Å². The number of halogens is 3. The number of rotatable bonds is 8. The minimum atomic E-state index is -4.73. The van der Waals surface area contributed by atoms with Gasteiger partial charge in [-0.05, 0) is 43.2 Å². The normalized spacial score (nSPS) is 12.4. The zero-order valence-corrected chi connectivity index (χ0v) is 16.7. The highest BCUT2D eigenvalue weighted by Gasteiger charge is 2.36. The molecule has 1 aromatic carbocycles. The zero-order chi connectivity index (χ0) is 22.6. The van der Waals surface area contributed by atoms with Crippen molar-refractivity contribution in [2.24, 2.45) is 0 Å². The van der Waals surface area contributed by atoms with Crippen molar-refractivity contribution in [3.05, 3.63) is 59.5 Å². The lowest BCUT2D eigenvalue weighted by Crippen LogP contribution is -2.16. The van der Waals surface area contributed by atoms with Crippen LogP contribution in [-0.4, -0.2) is 37.1 Å². The van der Waals surface area contributed by atoms with Gasteiger partial charge in [0, 0.05) is 17.9 Å². The number of benzene rings is 1. The molecule has 0 aliphatic carbocycles. The molecule has 3 aromatic rings. The van der Waals surface area contributed by atoms with Crippen LogP contribution in [0.25, 0.3) is 0 Å². The van der Waals surface area contributed by atoms with Crippen LogP contribution in [0.4, 0.5) is 18.9 Å². The minimum Gasteiger partial charge on any atom is -0.478 e. The molecule has 164 valence electrons. The Bertz CT molecular complexity index is 1050. The van der Waals surface area contributed by atoms with E-state index in [1.807, 2.05) is 13.8 Å². The Kier molecular flexibility index (Phi) is 6.42. The van der Waals surface area contributed by atoms with Crippen LogP contribution in [0.1, 0.15) is 41.8 Å². The van der Waals surface area contributed by atoms with Crippen LogP contribution in [0.2, 0.25) is 0 Å². The molecule has 0 spiro atoms. The first-order valence-electron chi connectivity index (χ1n) is 9.39. The van der Waals surface area contributed by atoms with Crippen molar-refractivity contribution in [1.29, 1.82) is 0 Å². The molecule has 0 saturated carbocycles. The molecule has 0 amide bonds. The van der Waals surface area contributed by atoms with Crippen LogP contribution in [0.5, 0.6) is 11.6 Å². The number of anilines is 1. The van der Waals surface area contributed by atoms with Crippen LogP contribution in [0, 0.1) is 0 Å². The van der Waals surface area contributed by atoms with Crippen LogP contribution in [0.3, 0.4) is 0 Å². The molecule has 0 radical (unpaired) electrons. The number of nitrogens with zero attached hydrogens (tertiary/aromatic N) is 4. The van der Waals surface area contributed by atoms with E-state index in [2.05, 4.69) is 20.5 Å². The summed E-state index contributed by atoms with van der Waals surface area (Å²) in [5.74, 6) is -1.99. The van der Waals surface area contributed by atoms with Crippen molar-refractivity contribution < 1.29 is 27.8 Å². The summed E-state index contributed by atoms with van der Waals surface area (Å²) in [6.45, 7) is 3.82. The summed E-state index contributed by atoms with van der Waals surface area (Å²) >= 11 is 0. The topological polar surface area (TPSA) is 102 Å². The van der Waals surface area contributed by atoms with E-state index in [1.54, 1.807) is 0 Å². The molecule has 1 atom stereocenters. The van der Waals surface area contributed by atoms with Crippen LogP contribution in [-0.2, 0) is 12.7 Å². The summed E-state index contributed by atoms with van der Waals surface area (Å²) in [5, 5.41) is 20.2.